The average Bonchev–Trinajstić information content (AvgIpc) is 2.46. The van der Waals surface area contributed by atoms with E-state index in [0.717, 1.165) is 0 Å². The zero-order chi connectivity index (χ0) is 15.5. The van der Waals surface area contributed by atoms with E-state index in [9.17, 15) is 20.3 Å². The molecule has 116 valence electrons. The molecule has 7 nitrogen and oxygen atoms in total. The van der Waals surface area contributed by atoms with Crippen LogP contribution in [-0.2, 0) is 11.3 Å². The van der Waals surface area contributed by atoms with Crippen molar-refractivity contribution in [1.29, 1.82) is 0 Å². The largest absolute Gasteiger partial charge is 0.392 e. The minimum absolute atomic E-state index is 0.0546. The highest BCUT2D eigenvalue weighted by atomic mass is 16.6. The summed E-state index contributed by atoms with van der Waals surface area (Å²) in [5.74, 6) is 0. The first-order chi connectivity index (χ1) is 9.95. The maximum absolute atomic E-state index is 10.8. The fraction of sp³-hybridized carbons (Fsp3) is 0.571. The highest BCUT2D eigenvalue weighted by Crippen LogP contribution is 2.28. The lowest BCUT2D eigenvalue weighted by Crippen LogP contribution is -2.46. The average molecular weight is 296 g/mol. The van der Waals surface area contributed by atoms with Crippen LogP contribution in [0.1, 0.15) is 18.4 Å². The Hall–Kier alpha value is -1.70. The number of anilines is 1. The normalized spacial score (nSPS) is 17.5. The Balaban J connectivity index is 2.18. The third-order valence-corrected chi connectivity index (χ3v) is 3.81. The molecule has 1 fully saturated rings. The molecule has 0 bridgehead atoms. The monoisotopic (exact) mass is 296 g/mol. The van der Waals surface area contributed by atoms with Crippen molar-refractivity contribution < 1.29 is 19.9 Å². The topological polar surface area (TPSA) is 96.1 Å². The van der Waals surface area contributed by atoms with Crippen LogP contribution in [0.2, 0.25) is 0 Å². The summed E-state index contributed by atoms with van der Waals surface area (Å²) in [6, 6.07) is 4.37. The van der Waals surface area contributed by atoms with E-state index < -0.39 is 10.5 Å². The Morgan fingerprint density at radius 1 is 1.43 bits per heavy atom. The second kappa shape index (κ2) is 6.38. The maximum atomic E-state index is 10.8. The van der Waals surface area contributed by atoms with Gasteiger partial charge in [0.25, 0.3) is 5.69 Å². The molecular weight excluding hydrogens is 276 g/mol. The smallest absolute Gasteiger partial charge is 0.269 e. The van der Waals surface area contributed by atoms with Crippen LogP contribution in [0.15, 0.2) is 18.2 Å². The highest BCUT2D eigenvalue weighted by Gasteiger charge is 2.31. The predicted octanol–water partition coefficient (Wildman–Crippen LogP) is 1.06. The second-order valence-electron chi connectivity index (χ2n) is 5.42. The Morgan fingerprint density at radius 2 is 2.10 bits per heavy atom. The van der Waals surface area contributed by atoms with Crippen LogP contribution in [0.5, 0.6) is 0 Å². The summed E-state index contributed by atoms with van der Waals surface area (Å²) in [5, 5.41) is 30.7. The number of benzene rings is 1. The fourth-order valence-electron chi connectivity index (χ4n) is 2.62. The predicted molar refractivity (Wildman–Crippen MR) is 77.3 cm³/mol. The van der Waals surface area contributed by atoms with Gasteiger partial charge in [-0.05, 0) is 6.07 Å². The number of hydrogen-bond acceptors (Lipinski definition) is 6. The van der Waals surface area contributed by atoms with Crippen molar-refractivity contribution in [3.8, 4) is 0 Å². The van der Waals surface area contributed by atoms with Crippen LogP contribution in [0.4, 0.5) is 11.4 Å². The van der Waals surface area contributed by atoms with E-state index in [-0.39, 0.29) is 12.3 Å². The number of nitrogens with zero attached hydrogens (tertiary/aromatic N) is 2. The van der Waals surface area contributed by atoms with Crippen molar-refractivity contribution in [2.45, 2.75) is 25.0 Å². The minimum Gasteiger partial charge on any atom is -0.392 e. The Bertz CT molecular complexity index is 514. The lowest BCUT2D eigenvalue weighted by molar-refractivity contribution is -0.384. The number of aliphatic hydroxyl groups excluding tert-OH is 1. The van der Waals surface area contributed by atoms with E-state index in [1.165, 1.54) is 12.1 Å². The molecule has 1 saturated heterocycles. The highest BCUT2D eigenvalue weighted by molar-refractivity contribution is 5.57. The van der Waals surface area contributed by atoms with Crippen molar-refractivity contribution in [2.75, 3.05) is 31.7 Å². The van der Waals surface area contributed by atoms with Crippen molar-refractivity contribution in [2.24, 2.45) is 0 Å². The van der Waals surface area contributed by atoms with Crippen LogP contribution in [0, 0.1) is 10.1 Å². The van der Waals surface area contributed by atoms with Gasteiger partial charge in [-0.15, -0.1) is 0 Å². The van der Waals surface area contributed by atoms with Crippen molar-refractivity contribution >= 4 is 11.4 Å². The summed E-state index contributed by atoms with van der Waals surface area (Å²) in [5.41, 5.74) is 0.271. The molecule has 21 heavy (non-hydrogen) atoms. The minimum atomic E-state index is -0.832. The van der Waals surface area contributed by atoms with E-state index in [1.54, 1.807) is 13.1 Å². The van der Waals surface area contributed by atoms with E-state index in [1.807, 2.05) is 4.90 Å². The molecule has 0 atom stereocenters. The van der Waals surface area contributed by atoms with Gasteiger partial charge in [0.05, 0.1) is 17.1 Å². The molecule has 2 rings (SSSR count). The van der Waals surface area contributed by atoms with E-state index in [2.05, 4.69) is 0 Å². The molecule has 0 saturated carbocycles. The van der Waals surface area contributed by atoms with Crippen LogP contribution >= 0.6 is 0 Å². The molecule has 0 aliphatic carbocycles. The maximum Gasteiger partial charge on any atom is 0.269 e. The molecule has 2 N–H and O–H groups in total. The first kappa shape index (κ1) is 15.7. The number of rotatable bonds is 5. The van der Waals surface area contributed by atoms with Crippen LogP contribution < -0.4 is 4.90 Å². The third kappa shape index (κ3) is 3.69. The molecular formula is C14H20N2O5. The number of likely N-dealkylation sites (N-methyl/N-ethyl adjacent to an activating group) is 1. The lowest BCUT2D eigenvalue weighted by Gasteiger charge is -2.36. The molecule has 1 aromatic carbocycles. The number of hydrogen-bond donors (Lipinski definition) is 2. The second-order valence-corrected chi connectivity index (χ2v) is 5.42. The van der Waals surface area contributed by atoms with E-state index in [0.29, 0.717) is 43.9 Å². The summed E-state index contributed by atoms with van der Waals surface area (Å²) in [4.78, 5) is 12.1. The van der Waals surface area contributed by atoms with Gasteiger partial charge in [0.2, 0.25) is 0 Å². The third-order valence-electron chi connectivity index (χ3n) is 3.81. The number of nitro groups is 1. The zero-order valence-corrected chi connectivity index (χ0v) is 12.0. The molecule has 0 radical (unpaired) electrons. The Kier molecular flexibility index (Phi) is 4.76. The van der Waals surface area contributed by atoms with Gasteiger partial charge in [0.1, 0.15) is 0 Å². The quantitative estimate of drug-likeness (QED) is 0.623. The molecule has 0 unspecified atom stereocenters. The van der Waals surface area contributed by atoms with Gasteiger partial charge in [0.15, 0.2) is 0 Å². The van der Waals surface area contributed by atoms with Gasteiger partial charge in [-0.1, -0.05) is 0 Å². The first-order valence-corrected chi connectivity index (χ1v) is 6.85. The lowest BCUT2D eigenvalue weighted by atomic mass is 9.93. The summed E-state index contributed by atoms with van der Waals surface area (Å²) in [6.45, 7) is 1.15. The van der Waals surface area contributed by atoms with Crippen LogP contribution in [0.25, 0.3) is 0 Å². The summed E-state index contributed by atoms with van der Waals surface area (Å²) < 4.78 is 5.25. The molecule has 0 aromatic heterocycles. The SMILES string of the molecule is CN(CC1(O)CCOCC1)c1ccc([N+](=O)[O-])cc1CO. The molecule has 1 aliphatic heterocycles. The summed E-state index contributed by atoms with van der Waals surface area (Å²) >= 11 is 0. The molecule has 0 spiro atoms. The van der Waals surface area contributed by atoms with Crippen LogP contribution in [0.3, 0.4) is 0 Å². The van der Waals surface area contributed by atoms with Crippen LogP contribution in [-0.4, -0.2) is 47.5 Å². The Labute approximate surface area is 122 Å². The van der Waals surface area contributed by atoms with Gasteiger partial charge in [-0.25, -0.2) is 0 Å². The molecule has 1 aliphatic rings. The van der Waals surface area contributed by atoms with Gasteiger partial charge >= 0.3 is 0 Å². The summed E-state index contributed by atoms with van der Waals surface area (Å²) in [7, 11) is 1.80. The molecule has 7 heteroatoms. The molecule has 1 aromatic rings. The van der Waals surface area contributed by atoms with Gasteiger partial charge in [-0.2, -0.15) is 0 Å². The van der Waals surface area contributed by atoms with E-state index >= 15 is 0 Å². The fourth-order valence-corrected chi connectivity index (χ4v) is 2.62. The van der Waals surface area contributed by atoms with Crippen molar-refractivity contribution in [3.63, 3.8) is 0 Å². The number of ether oxygens (including phenoxy) is 1. The standard InChI is InChI=1S/C14H20N2O5/c1-15(10-14(18)4-6-21-7-5-14)13-3-2-12(16(19)20)8-11(13)9-17/h2-3,8,17-18H,4-7,9-10H2,1H3. The van der Waals surface area contributed by atoms with Crippen molar-refractivity contribution in [1.82, 2.24) is 0 Å². The van der Waals surface area contributed by atoms with Crippen molar-refractivity contribution in [3.05, 3.63) is 33.9 Å². The van der Waals surface area contributed by atoms with Gasteiger partial charge in [-0.3, -0.25) is 10.1 Å². The van der Waals surface area contributed by atoms with Gasteiger partial charge in [0, 0.05) is 63.0 Å². The van der Waals surface area contributed by atoms with E-state index in [4.69, 9.17) is 4.74 Å². The molecule has 1 heterocycles. The summed E-state index contributed by atoms with van der Waals surface area (Å²) in [6.07, 6.45) is 1.11. The Morgan fingerprint density at radius 3 is 2.67 bits per heavy atom. The zero-order valence-electron chi connectivity index (χ0n) is 12.0. The first-order valence-electron chi connectivity index (χ1n) is 6.85. The molecule has 0 amide bonds. The number of aliphatic hydroxyl groups is 2. The van der Waals surface area contributed by atoms with Gasteiger partial charge < -0.3 is 19.8 Å². The number of non-ortho nitro benzene ring substituents is 1. The number of nitro benzene ring substituents is 1.